The van der Waals surface area contributed by atoms with Crippen LogP contribution in [0.2, 0.25) is 0 Å². The lowest BCUT2D eigenvalue weighted by molar-refractivity contribution is -0.113. The minimum absolute atomic E-state index is 0.176. The van der Waals surface area contributed by atoms with Gasteiger partial charge in [0.25, 0.3) is 5.91 Å². The molecule has 2 N–H and O–H groups in total. The molecule has 1 aromatic carbocycles. The number of aryl methyl sites for hydroxylation is 1. The lowest BCUT2D eigenvalue weighted by Crippen LogP contribution is -2.26. The van der Waals surface area contributed by atoms with Crippen molar-refractivity contribution in [3.63, 3.8) is 0 Å². The number of furan rings is 1. The maximum atomic E-state index is 13.4. The van der Waals surface area contributed by atoms with Crippen LogP contribution in [-0.4, -0.2) is 23.5 Å². The first-order chi connectivity index (χ1) is 14.5. The molecule has 2 aromatic heterocycles. The third kappa shape index (κ3) is 3.34. The van der Waals surface area contributed by atoms with Crippen LogP contribution < -0.4 is 10.6 Å². The van der Waals surface area contributed by atoms with Gasteiger partial charge in [0.05, 0.1) is 41.9 Å². The van der Waals surface area contributed by atoms with Crippen LogP contribution in [0.3, 0.4) is 0 Å². The molecular formula is C23H21N3O4. The van der Waals surface area contributed by atoms with E-state index in [-0.39, 0.29) is 23.8 Å². The molecule has 30 heavy (non-hydrogen) atoms. The van der Waals surface area contributed by atoms with Crippen LogP contribution in [0, 0.1) is 6.92 Å². The van der Waals surface area contributed by atoms with Crippen LogP contribution in [0.25, 0.3) is 11.6 Å². The highest BCUT2D eigenvalue weighted by Crippen LogP contribution is 2.43. The summed E-state index contributed by atoms with van der Waals surface area (Å²) < 4.78 is 10.5. The van der Waals surface area contributed by atoms with Crippen LogP contribution in [0.15, 0.2) is 53.1 Å². The Kier molecular flexibility index (Phi) is 5.10. The number of benzene rings is 1. The monoisotopic (exact) mass is 403 g/mol. The second-order valence-corrected chi connectivity index (χ2v) is 6.86. The second kappa shape index (κ2) is 7.87. The summed E-state index contributed by atoms with van der Waals surface area (Å²) in [7, 11) is 0. The van der Waals surface area contributed by atoms with Gasteiger partial charge in [0.2, 0.25) is 0 Å². The largest absolute Gasteiger partial charge is 0.465 e. The number of amides is 1. The Hall–Kier alpha value is -3.87. The van der Waals surface area contributed by atoms with Crippen molar-refractivity contribution in [3.8, 4) is 0 Å². The van der Waals surface area contributed by atoms with E-state index in [2.05, 4.69) is 4.98 Å². The number of esters is 1. The van der Waals surface area contributed by atoms with E-state index in [4.69, 9.17) is 14.9 Å². The number of pyridine rings is 1. The predicted octanol–water partition coefficient (Wildman–Crippen LogP) is 3.83. The molecule has 0 saturated heterocycles. The highest BCUT2D eigenvalue weighted by Gasteiger charge is 2.38. The molecule has 0 aliphatic carbocycles. The Bertz CT molecular complexity index is 1140. The average molecular weight is 403 g/mol. The van der Waals surface area contributed by atoms with Crippen molar-refractivity contribution in [2.75, 3.05) is 17.2 Å². The summed E-state index contributed by atoms with van der Waals surface area (Å²) in [5.74, 6) is 0.104. The molecule has 0 bridgehead atoms. The predicted molar refractivity (Wildman–Crippen MR) is 114 cm³/mol. The van der Waals surface area contributed by atoms with Crippen molar-refractivity contribution >= 4 is 35.0 Å². The van der Waals surface area contributed by atoms with E-state index >= 15 is 0 Å². The van der Waals surface area contributed by atoms with E-state index in [0.717, 1.165) is 5.56 Å². The first kappa shape index (κ1) is 19.4. The number of ether oxygens (including phenoxy) is 1. The fourth-order valence-corrected chi connectivity index (χ4v) is 3.54. The summed E-state index contributed by atoms with van der Waals surface area (Å²) in [6.45, 7) is 3.94. The van der Waals surface area contributed by atoms with Gasteiger partial charge in [-0.25, -0.2) is 9.78 Å². The van der Waals surface area contributed by atoms with Crippen LogP contribution in [0.4, 0.5) is 11.5 Å². The van der Waals surface area contributed by atoms with Gasteiger partial charge in [0.15, 0.2) is 0 Å². The van der Waals surface area contributed by atoms with Gasteiger partial charge < -0.3 is 14.9 Å². The van der Waals surface area contributed by atoms with Crippen molar-refractivity contribution in [1.29, 1.82) is 0 Å². The fourth-order valence-electron chi connectivity index (χ4n) is 3.54. The SMILES string of the molecule is CCOC(=O)c1c(C)nc2c(c1N)/C(=C/c1ccco1)C(=O)N2Cc1ccccc1. The molecule has 4 rings (SSSR count). The number of carbonyl (C=O) groups excluding carboxylic acids is 2. The number of hydrogen-bond acceptors (Lipinski definition) is 6. The Balaban J connectivity index is 1.89. The Morgan fingerprint density at radius 2 is 2.00 bits per heavy atom. The third-order valence-electron chi connectivity index (χ3n) is 4.89. The molecule has 7 nitrogen and oxygen atoms in total. The molecule has 3 aromatic rings. The molecule has 0 radical (unpaired) electrons. The van der Waals surface area contributed by atoms with Gasteiger partial charge >= 0.3 is 5.97 Å². The molecule has 0 spiro atoms. The number of hydrogen-bond donors (Lipinski definition) is 1. The maximum Gasteiger partial charge on any atom is 0.342 e. The van der Waals surface area contributed by atoms with Crippen molar-refractivity contribution in [3.05, 3.63) is 76.9 Å². The summed E-state index contributed by atoms with van der Waals surface area (Å²) in [4.78, 5) is 32.0. The summed E-state index contributed by atoms with van der Waals surface area (Å²) >= 11 is 0. The molecule has 1 aliphatic heterocycles. The van der Waals surface area contributed by atoms with Crippen molar-refractivity contribution < 1.29 is 18.7 Å². The van der Waals surface area contributed by atoms with Gasteiger partial charge in [-0.15, -0.1) is 0 Å². The van der Waals surface area contributed by atoms with Crippen molar-refractivity contribution in [1.82, 2.24) is 4.98 Å². The van der Waals surface area contributed by atoms with Gasteiger partial charge in [0.1, 0.15) is 17.1 Å². The average Bonchev–Trinajstić information content (AvgIpc) is 3.32. The summed E-state index contributed by atoms with van der Waals surface area (Å²) in [5.41, 5.74) is 8.87. The Labute approximate surface area is 173 Å². The van der Waals surface area contributed by atoms with E-state index < -0.39 is 5.97 Å². The lowest BCUT2D eigenvalue weighted by Gasteiger charge is -2.18. The lowest BCUT2D eigenvalue weighted by atomic mass is 10.0. The first-order valence-corrected chi connectivity index (χ1v) is 9.59. The molecule has 0 atom stereocenters. The second-order valence-electron chi connectivity index (χ2n) is 6.86. The molecule has 0 fully saturated rings. The third-order valence-corrected chi connectivity index (χ3v) is 4.89. The quantitative estimate of drug-likeness (QED) is 0.513. The molecule has 3 heterocycles. The van der Waals surface area contributed by atoms with E-state index in [1.165, 1.54) is 6.26 Å². The summed E-state index contributed by atoms with van der Waals surface area (Å²) in [5, 5.41) is 0. The number of anilines is 2. The van der Waals surface area contributed by atoms with Crippen molar-refractivity contribution in [2.45, 2.75) is 20.4 Å². The van der Waals surface area contributed by atoms with Crippen LogP contribution in [0.5, 0.6) is 0 Å². The normalized spacial score (nSPS) is 14.3. The van der Waals surface area contributed by atoms with Gasteiger partial charge in [-0.1, -0.05) is 30.3 Å². The minimum Gasteiger partial charge on any atom is -0.465 e. The van der Waals surface area contributed by atoms with E-state index in [9.17, 15) is 9.59 Å². The van der Waals surface area contributed by atoms with Gasteiger partial charge in [-0.2, -0.15) is 0 Å². The summed E-state index contributed by atoms with van der Waals surface area (Å²) in [6, 6.07) is 13.1. The Morgan fingerprint density at radius 3 is 2.67 bits per heavy atom. The molecule has 7 heteroatoms. The van der Waals surface area contributed by atoms with Gasteiger partial charge in [-0.05, 0) is 37.6 Å². The number of aromatic nitrogens is 1. The fraction of sp³-hybridized carbons (Fsp3) is 0.174. The number of fused-ring (bicyclic) bond motifs is 1. The van der Waals surface area contributed by atoms with E-state index in [0.29, 0.717) is 35.0 Å². The molecule has 152 valence electrons. The number of nitrogen functional groups attached to an aromatic ring is 1. The number of rotatable bonds is 5. The smallest absolute Gasteiger partial charge is 0.342 e. The van der Waals surface area contributed by atoms with Crippen LogP contribution in [-0.2, 0) is 16.1 Å². The number of carbonyl (C=O) groups is 2. The molecule has 0 unspecified atom stereocenters. The topological polar surface area (TPSA) is 98.7 Å². The molecular weight excluding hydrogens is 382 g/mol. The zero-order valence-corrected chi connectivity index (χ0v) is 16.7. The van der Waals surface area contributed by atoms with E-state index in [1.54, 1.807) is 37.0 Å². The zero-order valence-electron chi connectivity index (χ0n) is 16.7. The standard InChI is InChI=1S/C23H21N3O4/c1-3-29-23(28)18-14(2)25-21-19(20(18)24)17(12-16-10-7-11-30-16)22(27)26(21)13-15-8-5-4-6-9-15/h4-12H,3,13H2,1-2H3,(H2,24,25)/b17-12-. The highest BCUT2D eigenvalue weighted by atomic mass is 16.5. The van der Waals surface area contributed by atoms with Gasteiger partial charge in [-0.3, -0.25) is 9.69 Å². The van der Waals surface area contributed by atoms with Crippen LogP contribution >= 0.6 is 0 Å². The zero-order chi connectivity index (χ0) is 21.3. The minimum atomic E-state index is -0.561. The Morgan fingerprint density at radius 1 is 1.23 bits per heavy atom. The van der Waals surface area contributed by atoms with Crippen molar-refractivity contribution in [2.24, 2.45) is 0 Å². The molecule has 1 aliphatic rings. The highest BCUT2D eigenvalue weighted by molar-refractivity contribution is 6.37. The number of nitrogens with zero attached hydrogens (tertiary/aromatic N) is 2. The van der Waals surface area contributed by atoms with Gasteiger partial charge in [0, 0.05) is 0 Å². The van der Waals surface area contributed by atoms with E-state index in [1.807, 2.05) is 30.3 Å². The number of nitrogens with two attached hydrogens (primary N) is 1. The molecule has 1 amide bonds. The molecule has 0 saturated carbocycles. The van der Waals surface area contributed by atoms with Crippen LogP contribution in [0.1, 0.15) is 39.9 Å². The first-order valence-electron chi connectivity index (χ1n) is 9.59. The summed E-state index contributed by atoms with van der Waals surface area (Å²) in [6.07, 6.45) is 3.14. The maximum absolute atomic E-state index is 13.4.